The lowest BCUT2D eigenvalue weighted by Crippen LogP contribution is -2.71. The molecule has 0 spiro atoms. The van der Waals surface area contributed by atoms with Gasteiger partial charge in [-0.1, -0.05) is 84.0 Å². The van der Waals surface area contributed by atoms with Gasteiger partial charge in [-0.05, 0) is 18.4 Å². The lowest BCUT2D eigenvalue weighted by molar-refractivity contribution is -0.386. The molecule has 49 heteroatoms. The summed E-state index contributed by atoms with van der Waals surface area (Å²) >= 11 is 0. The van der Waals surface area contributed by atoms with Crippen LogP contribution in [0.25, 0.3) is 0 Å². The lowest BCUT2D eigenvalue weighted by atomic mass is 9.88. The maximum absolute atomic E-state index is 13.9. The van der Waals surface area contributed by atoms with Crippen LogP contribution in [0.1, 0.15) is 130 Å². The van der Waals surface area contributed by atoms with Crippen molar-refractivity contribution in [1.29, 1.82) is 0 Å². The van der Waals surface area contributed by atoms with Gasteiger partial charge in [-0.2, -0.15) is 0 Å². The number of rotatable bonds is 48. The Morgan fingerprint density at radius 3 is 1.69 bits per heavy atom. The standard InChI is InChI=1S/C75H117N8O40P/c1-8-39(112-52(95)10-3)26-50(93)79-57-64(118-54(97)12-5)36(7)46(35-111-71-58(80-51(94)27-40(9-2)113-53(96)11-4)68(119-55(98)13-6)66(45(34-87)115-71)123-124(106,107)108)117-70(57)109-23-21-76-47(90)19-20-48(91)77-29-38-30-83(82-81-38)22-24-110-72-62(102)61(101)65(44(33-86)116-72)120-73-63(103)69(60(100)43(32-85)114-73)122-75(74(104)105)28-41(88)56(67(121-75)59(99)42(89)31-84)78-49(92)25-37-17-15-14-16-18-37/h14-18,30,36,39-46,56-73,84-89,99-103H,8-13,19-29,31-35H2,1-7H3,(H,76,90)(H,77,91)(H,78,92)(H,79,93)(H,80,94)(H,104,105)(H2,106,107,108)/t36-,39-,40-,41-,42-,43?,44?,45?,46?,56-,57?,58?,59-,60+,61-,62?,63?,64+,65-,66-,67?,68-,69+,70-,71-,72-,73+,75+/m1/s1. The third-order valence-electron chi connectivity index (χ3n) is 20.8. The van der Waals surface area contributed by atoms with Gasteiger partial charge >= 0.3 is 37.7 Å². The molecular weight excluding hydrogens is 1680 g/mol. The maximum atomic E-state index is 13.9. The van der Waals surface area contributed by atoms with Crippen molar-refractivity contribution in [3.05, 3.63) is 47.8 Å². The fourth-order valence-electron chi connectivity index (χ4n) is 14.0. The molecule has 0 radical (unpaired) electrons. The number of benzene rings is 1. The van der Waals surface area contributed by atoms with E-state index in [1.807, 2.05) is 0 Å². The van der Waals surface area contributed by atoms with Crippen molar-refractivity contribution < 1.29 is 194 Å². The molecule has 5 aliphatic rings. The Labute approximate surface area is 710 Å². The van der Waals surface area contributed by atoms with Gasteiger partial charge in [0.15, 0.2) is 31.3 Å². The normalized spacial score (nSPS) is 31.1. The van der Waals surface area contributed by atoms with Crippen LogP contribution in [-0.4, -0.2) is 363 Å². The van der Waals surface area contributed by atoms with Gasteiger partial charge in [-0.25, -0.2) is 14.0 Å². The number of amides is 5. The SMILES string of the molecule is CCC(=O)O[C@H](CC)CC(=O)NC1[C@H](OCCNC(=O)CCC(=O)NCc2cn(CCO[C@@H]3OC(CO)[C@@H](O[C@@H]4OC(CO)[C@H](O)[C@H](O[C@]5(C(=O)O)C[C@@H](O)[C@@H](NC(=O)Cc6ccccc6)C([C@H](O)[C@H](O)CO)O5)C4O)[C@H](O)C3O)nn2)OC(CO[C@@H]2OC(CO)[C@@H](OP(=O)(O)O)[C@H](OC(=O)CC)C2NC(=O)C[C@@H](CC)OC(=O)CC)[C@@H](C)[C@@H]1OC(=O)CC. The minimum absolute atomic E-state index is 0.00331. The summed E-state index contributed by atoms with van der Waals surface area (Å²) in [6.45, 7) is 4.72. The molecule has 5 aliphatic heterocycles. The Morgan fingerprint density at radius 2 is 1.12 bits per heavy atom. The molecule has 0 bridgehead atoms. The molecule has 1 aromatic heterocycles. The number of hydrogen-bond acceptors (Lipinski definition) is 39. The highest BCUT2D eigenvalue weighted by atomic mass is 31.2. The van der Waals surface area contributed by atoms with Crippen LogP contribution in [0.2, 0.25) is 0 Å². The number of carboxylic acid groups (broad SMARTS) is 1. The molecule has 2 aromatic rings. The van der Waals surface area contributed by atoms with Gasteiger partial charge < -0.3 is 164 Å². The Hall–Kier alpha value is -7.67. The number of aliphatic hydroxyl groups is 11. The highest BCUT2D eigenvalue weighted by Crippen LogP contribution is 2.44. The summed E-state index contributed by atoms with van der Waals surface area (Å²) < 4.78 is 101. The predicted octanol–water partition coefficient (Wildman–Crippen LogP) is -6.73. The van der Waals surface area contributed by atoms with Gasteiger partial charge in [0.1, 0.15) is 115 Å². The van der Waals surface area contributed by atoms with Crippen LogP contribution in [0.4, 0.5) is 0 Å². The molecule has 6 heterocycles. The van der Waals surface area contributed by atoms with E-state index < -0.39 is 291 Å². The number of ether oxygens (including phenoxy) is 14. The number of aliphatic hydroxyl groups excluding tert-OH is 11. The topological polar surface area (TPSA) is 700 Å². The second kappa shape index (κ2) is 49.6. The van der Waals surface area contributed by atoms with Gasteiger partial charge in [-0.15, -0.1) is 5.10 Å². The van der Waals surface area contributed by atoms with Crippen molar-refractivity contribution in [3.8, 4) is 0 Å². The first-order valence-corrected chi connectivity index (χ1v) is 42.2. The van der Waals surface area contributed by atoms with Crippen molar-refractivity contribution in [2.24, 2.45) is 5.92 Å². The summed E-state index contributed by atoms with van der Waals surface area (Å²) in [5, 5.41) is 152. The van der Waals surface area contributed by atoms with Gasteiger partial charge in [-0.3, -0.25) is 47.7 Å². The van der Waals surface area contributed by atoms with Crippen LogP contribution in [0.3, 0.4) is 0 Å². The van der Waals surface area contributed by atoms with Crippen molar-refractivity contribution in [2.75, 3.05) is 52.8 Å². The third kappa shape index (κ3) is 29.4. The van der Waals surface area contributed by atoms with E-state index in [1.54, 1.807) is 58.0 Å². The van der Waals surface area contributed by atoms with Crippen LogP contribution in [0.15, 0.2) is 36.5 Å². The van der Waals surface area contributed by atoms with Crippen molar-refractivity contribution in [1.82, 2.24) is 41.6 Å². The number of hydrogen-bond donors (Lipinski definition) is 19. The van der Waals surface area contributed by atoms with Crippen LogP contribution in [0, 0.1) is 5.92 Å². The smallest absolute Gasteiger partial charge is 0.470 e. The molecule has 19 N–H and O–H groups in total. The second-order valence-corrected chi connectivity index (χ2v) is 31.0. The number of carbonyl (C=O) groups is 10. The zero-order chi connectivity index (χ0) is 91.4. The van der Waals surface area contributed by atoms with E-state index in [9.17, 15) is 124 Å². The Balaban J connectivity index is 0.942. The van der Waals surface area contributed by atoms with Gasteiger partial charge in [0.25, 0.3) is 5.79 Å². The molecule has 5 fully saturated rings. The Morgan fingerprint density at radius 1 is 0.589 bits per heavy atom. The van der Waals surface area contributed by atoms with E-state index >= 15 is 0 Å². The number of phosphoric ester groups is 1. The molecular formula is C75H117N8O40P. The first-order valence-electron chi connectivity index (χ1n) is 40.7. The maximum Gasteiger partial charge on any atom is 0.470 e. The number of aliphatic carboxylic acids is 1. The summed E-state index contributed by atoms with van der Waals surface area (Å²) in [6.07, 6.45) is -43.4. The van der Waals surface area contributed by atoms with Crippen LogP contribution < -0.4 is 26.6 Å². The Kier molecular flexibility index (Phi) is 41.4. The third-order valence-corrected chi connectivity index (χ3v) is 21.3. The number of carbonyl (C=O) groups excluding carboxylic acids is 9. The molecule has 5 saturated heterocycles. The Bertz CT molecular complexity index is 3800. The fraction of sp³-hybridized carbons (Fsp3) is 0.760. The number of esters is 4. The molecule has 1 aromatic carbocycles. The molecule has 7 rings (SSSR count). The highest BCUT2D eigenvalue weighted by molar-refractivity contribution is 7.46. The van der Waals surface area contributed by atoms with Crippen molar-refractivity contribution in [2.45, 2.75) is 304 Å². The number of nitrogens with one attached hydrogen (secondary N) is 5. The molecule has 48 nitrogen and oxygen atoms in total. The number of aromatic nitrogens is 3. The fourth-order valence-corrected chi connectivity index (χ4v) is 14.5. The van der Waals surface area contributed by atoms with Crippen LogP contribution in [0.5, 0.6) is 0 Å². The van der Waals surface area contributed by atoms with Gasteiger partial charge in [0, 0.05) is 57.4 Å². The summed E-state index contributed by atoms with van der Waals surface area (Å²) in [5.74, 6) is -12.7. The van der Waals surface area contributed by atoms with Crippen LogP contribution >= 0.6 is 7.82 Å². The molecule has 124 heavy (non-hydrogen) atoms. The van der Waals surface area contributed by atoms with Crippen molar-refractivity contribution >= 4 is 67.2 Å². The van der Waals surface area contributed by atoms with E-state index in [2.05, 4.69) is 36.9 Å². The highest BCUT2D eigenvalue weighted by Gasteiger charge is 2.61. The number of nitrogens with zero attached hydrogens (tertiary/aromatic N) is 3. The van der Waals surface area contributed by atoms with Gasteiger partial charge in [0.2, 0.25) is 29.5 Å². The average molecular weight is 1800 g/mol. The second-order valence-electron chi connectivity index (χ2n) is 29.8. The summed E-state index contributed by atoms with van der Waals surface area (Å²) in [6, 6.07) is 3.44. The van der Waals surface area contributed by atoms with E-state index in [-0.39, 0.29) is 96.1 Å². The van der Waals surface area contributed by atoms with E-state index in [0.717, 1.165) is 0 Å². The summed E-state index contributed by atoms with van der Waals surface area (Å²) in [4.78, 5) is 152. The molecule has 0 aliphatic carbocycles. The first kappa shape index (κ1) is 103. The molecule has 5 amide bonds. The quantitative estimate of drug-likeness (QED) is 0.0127. The zero-order valence-electron chi connectivity index (χ0n) is 69.3. The lowest BCUT2D eigenvalue weighted by Gasteiger charge is -2.50. The van der Waals surface area contributed by atoms with E-state index in [0.29, 0.717) is 5.56 Å². The van der Waals surface area contributed by atoms with E-state index in [1.165, 1.54) is 31.6 Å². The molecule has 0 saturated carbocycles. The van der Waals surface area contributed by atoms with Crippen LogP contribution in [-0.2, 0) is 143 Å². The molecule has 28 atom stereocenters. The predicted molar refractivity (Wildman–Crippen MR) is 409 cm³/mol. The largest absolute Gasteiger partial charge is 0.477 e. The zero-order valence-corrected chi connectivity index (χ0v) is 70.2. The van der Waals surface area contributed by atoms with Crippen molar-refractivity contribution in [3.63, 3.8) is 0 Å². The van der Waals surface area contributed by atoms with Gasteiger partial charge in [0.05, 0.1) is 103 Å². The molecule has 9 unspecified atom stereocenters. The molecule has 702 valence electrons. The first-order chi connectivity index (χ1) is 58.9. The minimum atomic E-state index is -5.49. The summed E-state index contributed by atoms with van der Waals surface area (Å²) in [5.41, 5.74) is 0.717. The average Bonchev–Trinajstić information content (AvgIpc) is 0.758. The monoisotopic (exact) mass is 1800 g/mol. The van der Waals surface area contributed by atoms with E-state index in [4.69, 9.17) is 70.8 Å². The number of carboxylic acids is 1. The number of phosphoric acid groups is 1. The minimum Gasteiger partial charge on any atom is -0.477 e. The summed E-state index contributed by atoms with van der Waals surface area (Å²) in [7, 11) is -5.49.